The summed E-state index contributed by atoms with van der Waals surface area (Å²) in [6, 6.07) is 13.8. The number of nitrogens with one attached hydrogen (secondary N) is 1. The zero-order valence-electron chi connectivity index (χ0n) is 19.4. The molecule has 0 radical (unpaired) electrons. The molecule has 0 bridgehead atoms. The summed E-state index contributed by atoms with van der Waals surface area (Å²) in [5.74, 6) is 0.756. The van der Waals surface area contributed by atoms with Crippen molar-refractivity contribution in [3.63, 3.8) is 0 Å². The van der Waals surface area contributed by atoms with Gasteiger partial charge < -0.3 is 10.1 Å². The molecule has 1 fully saturated rings. The fourth-order valence-corrected chi connectivity index (χ4v) is 4.53. The molecule has 2 heterocycles. The van der Waals surface area contributed by atoms with E-state index in [0.29, 0.717) is 24.0 Å². The number of benzene rings is 2. The maximum absolute atomic E-state index is 12.8. The predicted octanol–water partition coefficient (Wildman–Crippen LogP) is 3.45. The number of aromatic nitrogens is 2. The molecule has 4 rings (SSSR count). The number of likely N-dealkylation sites (tertiary alicyclic amines) is 1. The van der Waals surface area contributed by atoms with E-state index in [2.05, 4.69) is 27.3 Å². The first-order valence-electron chi connectivity index (χ1n) is 11.7. The first kappa shape index (κ1) is 23.0. The predicted molar refractivity (Wildman–Crippen MR) is 130 cm³/mol. The van der Waals surface area contributed by atoms with E-state index in [1.54, 1.807) is 19.5 Å². The highest BCUT2D eigenvalue weighted by atomic mass is 16.5. The van der Waals surface area contributed by atoms with Crippen LogP contribution in [0.25, 0.3) is 10.9 Å². The molecule has 7 nitrogen and oxygen atoms in total. The third-order valence-electron chi connectivity index (χ3n) is 6.46. The Labute approximate surface area is 194 Å². The molecule has 1 aromatic heterocycles. The van der Waals surface area contributed by atoms with Gasteiger partial charge in [0, 0.05) is 19.5 Å². The topological polar surface area (TPSA) is 76.5 Å². The molecule has 1 N–H and O–H groups in total. The first-order valence-corrected chi connectivity index (χ1v) is 11.7. The summed E-state index contributed by atoms with van der Waals surface area (Å²) in [6.45, 7) is 4.84. The second-order valence-electron chi connectivity index (χ2n) is 8.65. The van der Waals surface area contributed by atoms with Crippen LogP contribution in [0.15, 0.2) is 53.6 Å². The van der Waals surface area contributed by atoms with Crippen LogP contribution in [0.4, 0.5) is 0 Å². The monoisotopic (exact) mass is 448 g/mol. The third-order valence-corrected chi connectivity index (χ3v) is 6.46. The first-order chi connectivity index (χ1) is 16.1. The van der Waals surface area contributed by atoms with E-state index in [9.17, 15) is 9.59 Å². The fourth-order valence-electron chi connectivity index (χ4n) is 4.53. The SMILES string of the molecule is COc1ccc(C(CNC(=O)CCn2cnc3c(C)cccc3c2=O)N2CCCCC2)cc1. The summed E-state index contributed by atoms with van der Waals surface area (Å²) in [4.78, 5) is 32.3. The summed E-state index contributed by atoms with van der Waals surface area (Å²) < 4.78 is 6.81. The Morgan fingerprint density at radius 1 is 1.12 bits per heavy atom. The van der Waals surface area contributed by atoms with Crippen molar-refractivity contribution in [3.8, 4) is 5.75 Å². The van der Waals surface area contributed by atoms with E-state index >= 15 is 0 Å². The molecule has 1 atom stereocenters. The Morgan fingerprint density at radius 3 is 2.61 bits per heavy atom. The van der Waals surface area contributed by atoms with Gasteiger partial charge in [-0.15, -0.1) is 0 Å². The van der Waals surface area contributed by atoms with Crippen molar-refractivity contribution < 1.29 is 9.53 Å². The van der Waals surface area contributed by atoms with Gasteiger partial charge in [0.15, 0.2) is 0 Å². The second-order valence-corrected chi connectivity index (χ2v) is 8.65. The molecule has 33 heavy (non-hydrogen) atoms. The number of hydrogen-bond donors (Lipinski definition) is 1. The number of aryl methyl sites for hydroxylation is 2. The van der Waals surface area contributed by atoms with Crippen molar-refractivity contribution in [2.75, 3.05) is 26.7 Å². The van der Waals surface area contributed by atoms with E-state index in [0.717, 1.165) is 24.4 Å². The maximum atomic E-state index is 12.8. The quantitative estimate of drug-likeness (QED) is 0.571. The number of hydrogen-bond acceptors (Lipinski definition) is 5. The number of carbonyl (C=O) groups excluding carboxylic acids is 1. The van der Waals surface area contributed by atoms with Gasteiger partial charge in [-0.1, -0.05) is 30.7 Å². The van der Waals surface area contributed by atoms with Gasteiger partial charge in [-0.2, -0.15) is 0 Å². The van der Waals surface area contributed by atoms with Crippen LogP contribution in [-0.4, -0.2) is 47.1 Å². The molecule has 3 aromatic rings. The van der Waals surface area contributed by atoms with Crippen molar-refractivity contribution in [1.82, 2.24) is 19.8 Å². The highest BCUT2D eigenvalue weighted by molar-refractivity contribution is 5.80. The van der Waals surface area contributed by atoms with Gasteiger partial charge in [0.2, 0.25) is 5.91 Å². The number of nitrogens with zero attached hydrogens (tertiary/aromatic N) is 3. The molecular weight excluding hydrogens is 416 g/mol. The molecule has 7 heteroatoms. The molecule has 1 aliphatic heterocycles. The lowest BCUT2D eigenvalue weighted by atomic mass is 10.0. The molecule has 1 saturated heterocycles. The third kappa shape index (κ3) is 5.42. The van der Waals surface area contributed by atoms with Crippen LogP contribution in [0.2, 0.25) is 0 Å². The smallest absolute Gasteiger partial charge is 0.261 e. The van der Waals surface area contributed by atoms with Gasteiger partial charge in [-0.05, 0) is 62.2 Å². The van der Waals surface area contributed by atoms with Gasteiger partial charge in [0.1, 0.15) is 5.75 Å². The maximum Gasteiger partial charge on any atom is 0.261 e. The second kappa shape index (κ2) is 10.6. The Bertz CT molecular complexity index is 1150. The zero-order valence-corrected chi connectivity index (χ0v) is 19.4. The van der Waals surface area contributed by atoms with Crippen LogP contribution >= 0.6 is 0 Å². The van der Waals surface area contributed by atoms with Crippen LogP contribution in [0.1, 0.15) is 42.9 Å². The fraction of sp³-hybridized carbons (Fsp3) is 0.423. The molecule has 2 aromatic carbocycles. The van der Waals surface area contributed by atoms with Gasteiger partial charge in [-0.3, -0.25) is 19.1 Å². The van der Waals surface area contributed by atoms with Crippen LogP contribution in [0, 0.1) is 6.92 Å². The van der Waals surface area contributed by atoms with E-state index in [-0.39, 0.29) is 23.9 Å². The van der Waals surface area contributed by atoms with Gasteiger partial charge in [0.05, 0.1) is 30.4 Å². The summed E-state index contributed by atoms with van der Waals surface area (Å²) in [7, 11) is 1.66. The van der Waals surface area contributed by atoms with Crippen molar-refractivity contribution in [2.24, 2.45) is 0 Å². The standard InChI is InChI=1S/C26H32N4O3/c1-19-7-6-8-22-25(19)28-18-30(26(22)32)16-13-24(31)27-17-23(29-14-4-3-5-15-29)20-9-11-21(33-2)12-10-20/h6-12,18,23H,3-5,13-17H2,1-2H3,(H,27,31). The van der Waals surface area contributed by atoms with Crippen LogP contribution in [-0.2, 0) is 11.3 Å². The number of ether oxygens (including phenoxy) is 1. The highest BCUT2D eigenvalue weighted by Gasteiger charge is 2.23. The van der Waals surface area contributed by atoms with Crippen LogP contribution < -0.4 is 15.6 Å². The number of piperidine rings is 1. The lowest BCUT2D eigenvalue weighted by Gasteiger charge is -2.35. The Kier molecular flexibility index (Phi) is 7.40. The molecule has 1 unspecified atom stereocenters. The van der Waals surface area contributed by atoms with E-state index in [1.165, 1.54) is 29.4 Å². The largest absolute Gasteiger partial charge is 0.497 e. The summed E-state index contributed by atoms with van der Waals surface area (Å²) in [5, 5.41) is 3.68. The number of rotatable bonds is 8. The summed E-state index contributed by atoms with van der Waals surface area (Å²) in [5.41, 5.74) is 2.74. The van der Waals surface area contributed by atoms with Gasteiger partial charge in [-0.25, -0.2) is 4.98 Å². The average molecular weight is 449 g/mol. The lowest BCUT2D eigenvalue weighted by molar-refractivity contribution is -0.121. The number of para-hydroxylation sites is 1. The van der Waals surface area contributed by atoms with Crippen molar-refractivity contribution in [1.29, 1.82) is 0 Å². The van der Waals surface area contributed by atoms with Crippen LogP contribution in [0.3, 0.4) is 0 Å². The highest BCUT2D eigenvalue weighted by Crippen LogP contribution is 2.26. The minimum absolute atomic E-state index is 0.0678. The van der Waals surface area contributed by atoms with E-state index < -0.39 is 0 Å². The number of carbonyl (C=O) groups is 1. The van der Waals surface area contributed by atoms with Crippen molar-refractivity contribution >= 4 is 16.8 Å². The summed E-state index contributed by atoms with van der Waals surface area (Å²) in [6.07, 6.45) is 5.38. The zero-order chi connectivity index (χ0) is 23.2. The molecular formula is C26H32N4O3. The minimum atomic E-state index is -0.110. The van der Waals surface area contributed by atoms with Crippen LogP contribution in [0.5, 0.6) is 5.75 Å². The number of fused-ring (bicyclic) bond motifs is 1. The number of methoxy groups -OCH3 is 1. The normalized spacial score (nSPS) is 15.3. The molecule has 1 aliphatic rings. The van der Waals surface area contributed by atoms with E-state index in [4.69, 9.17) is 4.74 Å². The average Bonchev–Trinajstić information content (AvgIpc) is 2.85. The Hall–Kier alpha value is -3.19. The molecule has 1 amide bonds. The summed E-state index contributed by atoms with van der Waals surface area (Å²) >= 11 is 0. The Balaban J connectivity index is 1.40. The van der Waals surface area contributed by atoms with Gasteiger partial charge in [0.25, 0.3) is 5.56 Å². The number of amides is 1. The van der Waals surface area contributed by atoms with Crippen molar-refractivity contribution in [3.05, 3.63) is 70.3 Å². The minimum Gasteiger partial charge on any atom is -0.497 e. The molecule has 174 valence electrons. The molecule has 0 spiro atoms. The van der Waals surface area contributed by atoms with Gasteiger partial charge >= 0.3 is 0 Å². The molecule has 0 saturated carbocycles. The van der Waals surface area contributed by atoms with Crippen molar-refractivity contribution in [2.45, 2.75) is 45.2 Å². The molecule has 0 aliphatic carbocycles. The Morgan fingerprint density at radius 2 is 1.88 bits per heavy atom. The van der Waals surface area contributed by atoms with E-state index in [1.807, 2.05) is 31.2 Å². The lowest BCUT2D eigenvalue weighted by Crippen LogP contribution is -2.40.